The zero-order valence-electron chi connectivity index (χ0n) is 17.3. The second-order valence-electron chi connectivity index (χ2n) is 6.50. The van der Waals surface area contributed by atoms with Crippen molar-refractivity contribution in [2.75, 3.05) is 29.8 Å². The van der Waals surface area contributed by atoms with Gasteiger partial charge in [-0.3, -0.25) is 14.9 Å². The first-order chi connectivity index (χ1) is 16.0. The van der Waals surface area contributed by atoms with Gasteiger partial charge in [0.1, 0.15) is 0 Å². The number of fused-ring (bicyclic) bond motifs is 1. The molecule has 0 radical (unpaired) electrons. The van der Waals surface area contributed by atoms with E-state index in [2.05, 4.69) is 20.8 Å². The Hall–Kier alpha value is -3.64. The van der Waals surface area contributed by atoms with Crippen LogP contribution in [-0.2, 0) is 9.53 Å². The Morgan fingerprint density at radius 1 is 1.09 bits per heavy atom. The first kappa shape index (κ1) is 22.6. The molecule has 0 bridgehead atoms. The predicted molar refractivity (Wildman–Crippen MR) is 122 cm³/mol. The number of hydrogen-bond acceptors (Lipinski definition) is 10. The summed E-state index contributed by atoms with van der Waals surface area (Å²) in [6, 6.07) is 11.5. The lowest BCUT2D eigenvalue weighted by molar-refractivity contribution is -0.113. The third kappa shape index (κ3) is 5.59. The van der Waals surface area contributed by atoms with Crippen LogP contribution in [0.4, 0.5) is 10.8 Å². The van der Waals surface area contributed by atoms with Crippen molar-refractivity contribution in [3.05, 3.63) is 53.6 Å². The van der Waals surface area contributed by atoms with E-state index in [0.29, 0.717) is 32.2 Å². The molecule has 170 valence electrons. The van der Waals surface area contributed by atoms with Crippen LogP contribution in [0.1, 0.15) is 27.6 Å². The van der Waals surface area contributed by atoms with Gasteiger partial charge in [0.2, 0.25) is 17.8 Å². The van der Waals surface area contributed by atoms with Crippen molar-refractivity contribution in [3.8, 4) is 11.5 Å². The highest BCUT2D eigenvalue weighted by molar-refractivity contribution is 8.01. The lowest BCUT2D eigenvalue weighted by Gasteiger charge is -2.09. The van der Waals surface area contributed by atoms with Gasteiger partial charge in [-0.25, -0.2) is 4.79 Å². The molecule has 1 aliphatic heterocycles. The van der Waals surface area contributed by atoms with Crippen LogP contribution in [0.2, 0.25) is 0 Å². The van der Waals surface area contributed by atoms with Crippen molar-refractivity contribution in [1.82, 2.24) is 10.2 Å². The molecule has 0 saturated carbocycles. The first-order valence-corrected chi connectivity index (χ1v) is 11.6. The lowest BCUT2D eigenvalue weighted by Crippen LogP contribution is -2.17. The van der Waals surface area contributed by atoms with E-state index in [1.165, 1.54) is 0 Å². The minimum Gasteiger partial charge on any atom is -0.462 e. The summed E-state index contributed by atoms with van der Waals surface area (Å²) in [5, 5.41) is 13.6. The van der Waals surface area contributed by atoms with Gasteiger partial charge in [0.15, 0.2) is 15.8 Å². The first-order valence-electron chi connectivity index (χ1n) is 9.77. The van der Waals surface area contributed by atoms with Crippen LogP contribution in [0, 0.1) is 0 Å². The molecular formula is C21H18N4O6S2. The van der Waals surface area contributed by atoms with E-state index in [4.69, 9.17) is 14.2 Å². The Morgan fingerprint density at radius 3 is 2.76 bits per heavy atom. The van der Waals surface area contributed by atoms with Gasteiger partial charge in [0, 0.05) is 5.56 Å². The number of benzene rings is 2. The SMILES string of the molecule is CCOC(=O)c1ccccc1NC(=O)CSc1nnc(NC(=O)c2ccc3c(c2)OCO3)s1. The van der Waals surface area contributed by atoms with E-state index in [1.54, 1.807) is 49.4 Å². The zero-order valence-corrected chi connectivity index (χ0v) is 19.0. The van der Waals surface area contributed by atoms with Gasteiger partial charge >= 0.3 is 5.97 Å². The van der Waals surface area contributed by atoms with Gasteiger partial charge in [-0.2, -0.15) is 0 Å². The van der Waals surface area contributed by atoms with Crippen molar-refractivity contribution in [3.63, 3.8) is 0 Å². The molecule has 0 spiro atoms. The molecule has 0 fully saturated rings. The minimum atomic E-state index is -0.506. The Morgan fingerprint density at radius 2 is 1.91 bits per heavy atom. The molecule has 0 aliphatic carbocycles. The minimum absolute atomic E-state index is 0.0436. The molecule has 2 amide bonds. The average molecular weight is 487 g/mol. The second-order valence-corrected chi connectivity index (χ2v) is 8.70. The lowest BCUT2D eigenvalue weighted by atomic mass is 10.2. The van der Waals surface area contributed by atoms with Crippen LogP contribution < -0.4 is 20.1 Å². The van der Waals surface area contributed by atoms with Crippen LogP contribution >= 0.6 is 23.1 Å². The predicted octanol–water partition coefficient (Wildman–Crippen LogP) is 3.43. The molecule has 2 heterocycles. The van der Waals surface area contributed by atoms with E-state index >= 15 is 0 Å². The molecule has 0 saturated heterocycles. The molecule has 1 aliphatic rings. The van der Waals surface area contributed by atoms with Crippen molar-refractivity contribution >= 4 is 51.7 Å². The fraction of sp³-hybridized carbons (Fsp3) is 0.190. The molecule has 0 atom stereocenters. The van der Waals surface area contributed by atoms with Crippen molar-refractivity contribution in [1.29, 1.82) is 0 Å². The van der Waals surface area contributed by atoms with Gasteiger partial charge in [-0.15, -0.1) is 10.2 Å². The average Bonchev–Trinajstić information content (AvgIpc) is 3.47. The molecule has 10 nitrogen and oxygen atoms in total. The normalized spacial score (nSPS) is 11.7. The van der Waals surface area contributed by atoms with Gasteiger partial charge in [-0.1, -0.05) is 35.2 Å². The number of nitrogens with zero attached hydrogens (tertiary/aromatic N) is 2. The number of esters is 1. The Labute approximate surface area is 196 Å². The standard InChI is InChI=1S/C21H18N4O6S2/c1-2-29-19(28)13-5-3-4-6-14(13)22-17(26)10-32-21-25-24-20(33-21)23-18(27)12-7-8-15-16(9-12)31-11-30-15/h3-9H,2,10-11H2,1H3,(H,22,26)(H,23,24,27). The highest BCUT2D eigenvalue weighted by atomic mass is 32.2. The third-order valence-corrected chi connectivity index (χ3v) is 6.26. The van der Waals surface area contributed by atoms with Crippen LogP contribution in [0.15, 0.2) is 46.8 Å². The van der Waals surface area contributed by atoms with Gasteiger partial charge in [0.05, 0.1) is 23.6 Å². The molecule has 0 unspecified atom stereocenters. The maximum absolute atomic E-state index is 12.4. The molecule has 1 aromatic heterocycles. The van der Waals surface area contributed by atoms with Crippen LogP contribution in [0.25, 0.3) is 0 Å². The van der Waals surface area contributed by atoms with E-state index in [1.807, 2.05) is 0 Å². The zero-order chi connectivity index (χ0) is 23.2. The number of aromatic nitrogens is 2. The summed E-state index contributed by atoms with van der Waals surface area (Å²) in [5.74, 6) is -0.0572. The Balaban J connectivity index is 1.31. The molecule has 2 N–H and O–H groups in total. The third-order valence-electron chi connectivity index (χ3n) is 4.28. The summed E-state index contributed by atoms with van der Waals surface area (Å²) in [7, 11) is 0. The fourth-order valence-corrected chi connectivity index (χ4v) is 4.37. The molecule has 33 heavy (non-hydrogen) atoms. The summed E-state index contributed by atoms with van der Waals surface area (Å²) < 4.78 is 16.0. The van der Waals surface area contributed by atoms with Crippen LogP contribution in [0.3, 0.4) is 0 Å². The van der Waals surface area contributed by atoms with E-state index in [9.17, 15) is 14.4 Å². The number of rotatable bonds is 8. The Kier molecular flexibility index (Phi) is 7.05. The summed E-state index contributed by atoms with van der Waals surface area (Å²) in [5.41, 5.74) is 1.04. The number of anilines is 2. The summed E-state index contributed by atoms with van der Waals surface area (Å²) in [6.45, 7) is 2.07. The van der Waals surface area contributed by atoms with Crippen molar-refractivity contribution in [2.24, 2.45) is 0 Å². The van der Waals surface area contributed by atoms with E-state index < -0.39 is 5.97 Å². The van der Waals surface area contributed by atoms with E-state index in [-0.39, 0.29) is 36.5 Å². The molecule has 2 aromatic carbocycles. The highest BCUT2D eigenvalue weighted by Gasteiger charge is 2.18. The highest BCUT2D eigenvalue weighted by Crippen LogP contribution is 2.33. The molecule has 3 aromatic rings. The number of ether oxygens (including phenoxy) is 3. The number of carbonyl (C=O) groups excluding carboxylic acids is 3. The van der Waals surface area contributed by atoms with Crippen LogP contribution in [0.5, 0.6) is 11.5 Å². The number of para-hydroxylation sites is 1. The quantitative estimate of drug-likeness (QED) is 0.279. The number of amides is 2. The number of hydrogen-bond donors (Lipinski definition) is 2. The van der Waals surface area contributed by atoms with Crippen LogP contribution in [-0.4, -0.2) is 47.1 Å². The molecular weight excluding hydrogens is 468 g/mol. The molecule has 12 heteroatoms. The topological polar surface area (TPSA) is 129 Å². The summed E-state index contributed by atoms with van der Waals surface area (Å²) in [6.07, 6.45) is 0. The molecule has 4 rings (SSSR count). The summed E-state index contributed by atoms with van der Waals surface area (Å²) >= 11 is 2.30. The monoisotopic (exact) mass is 486 g/mol. The number of thioether (sulfide) groups is 1. The van der Waals surface area contributed by atoms with Crippen molar-refractivity contribution < 1.29 is 28.6 Å². The smallest absolute Gasteiger partial charge is 0.340 e. The largest absolute Gasteiger partial charge is 0.462 e. The van der Waals surface area contributed by atoms with E-state index in [0.717, 1.165) is 23.1 Å². The summed E-state index contributed by atoms with van der Waals surface area (Å²) in [4.78, 5) is 36.8. The second kappa shape index (κ2) is 10.3. The van der Waals surface area contributed by atoms with Gasteiger partial charge < -0.3 is 19.5 Å². The van der Waals surface area contributed by atoms with Gasteiger partial charge in [0.25, 0.3) is 5.91 Å². The number of nitrogens with one attached hydrogen (secondary N) is 2. The number of carbonyl (C=O) groups is 3. The van der Waals surface area contributed by atoms with Gasteiger partial charge in [-0.05, 0) is 37.3 Å². The fourth-order valence-electron chi connectivity index (χ4n) is 2.82. The maximum Gasteiger partial charge on any atom is 0.340 e. The maximum atomic E-state index is 12.4. The van der Waals surface area contributed by atoms with Crippen molar-refractivity contribution in [2.45, 2.75) is 11.3 Å². The Bertz CT molecular complexity index is 1200.